The largest absolute Gasteiger partial charge is 0.394 e. The molecule has 75 heavy (non-hydrogen) atoms. The van der Waals surface area contributed by atoms with Crippen molar-refractivity contribution in [3.05, 3.63) is 12.2 Å². The Morgan fingerprint density at radius 1 is 0.467 bits per heavy atom. The Kier molecular flexibility index (Phi) is 44.3. The zero-order valence-electron chi connectivity index (χ0n) is 47.8. The van der Waals surface area contributed by atoms with Crippen LogP contribution in [0, 0.1) is 0 Å². The van der Waals surface area contributed by atoms with Gasteiger partial charge in [0, 0.05) is 6.42 Å². The first-order chi connectivity index (χ1) is 36.6. The van der Waals surface area contributed by atoms with Crippen LogP contribution in [0.2, 0.25) is 0 Å². The molecule has 0 saturated carbocycles. The number of hydrogen-bond acceptors (Lipinski definition) is 13. The Morgan fingerprint density at radius 2 is 0.840 bits per heavy atom. The lowest BCUT2D eigenvalue weighted by molar-refractivity contribution is -0.359. The molecule has 14 nitrogen and oxygen atoms in total. The van der Waals surface area contributed by atoms with E-state index in [0.717, 1.165) is 51.4 Å². The van der Waals surface area contributed by atoms with Gasteiger partial charge in [-0.2, -0.15) is 0 Å². The number of carbonyl (C=O) groups is 1. The lowest BCUT2D eigenvalue weighted by atomic mass is 9.97. The highest BCUT2D eigenvalue weighted by Crippen LogP contribution is 2.30. The van der Waals surface area contributed by atoms with E-state index in [0.29, 0.717) is 12.8 Å². The van der Waals surface area contributed by atoms with E-state index in [-0.39, 0.29) is 12.5 Å². The Labute approximate surface area is 456 Å². The number of ether oxygens (including phenoxy) is 4. The molecule has 0 aliphatic carbocycles. The van der Waals surface area contributed by atoms with Crippen LogP contribution in [0.25, 0.3) is 0 Å². The zero-order chi connectivity index (χ0) is 54.6. The zero-order valence-corrected chi connectivity index (χ0v) is 47.8. The maximum Gasteiger partial charge on any atom is 0.220 e. The summed E-state index contributed by atoms with van der Waals surface area (Å²) in [4.78, 5) is 13.2. The molecule has 2 saturated heterocycles. The molecular formula is C61H117NO13. The molecule has 14 heteroatoms. The number of aliphatic hydroxyl groups is 8. The average Bonchev–Trinajstić information content (AvgIpc) is 3.41. The SMILES string of the molecule is CCCCCCCCCC/C=C\CCCCCCCCCCCCCCCCCCCCCCCC(=O)NC(COC1OC(CO)C(OC2OC(CO)C(O)C(O)C2O)C(O)C1O)C(O)CCCCCCCCCC. The van der Waals surface area contributed by atoms with Crippen molar-refractivity contribution in [2.24, 2.45) is 0 Å². The van der Waals surface area contributed by atoms with Crippen LogP contribution in [-0.4, -0.2) is 140 Å². The van der Waals surface area contributed by atoms with Crippen LogP contribution in [0.3, 0.4) is 0 Å². The number of rotatable bonds is 51. The van der Waals surface area contributed by atoms with Crippen LogP contribution in [-0.2, 0) is 23.7 Å². The van der Waals surface area contributed by atoms with Crippen molar-refractivity contribution < 1.29 is 64.6 Å². The van der Waals surface area contributed by atoms with Gasteiger partial charge in [0.1, 0.15) is 48.8 Å². The van der Waals surface area contributed by atoms with Gasteiger partial charge >= 0.3 is 0 Å². The van der Waals surface area contributed by atoms with Gasteiger partial charge in [-0.15, -0.1) is 0 Å². The van der Waals surface area contributed by atoms with Gasteiger partial charge in [0.05, 0.1) is 32.0 Å². The van der Waals surface area contributed by atoms with Crippen molar-refractivity contribution in [1.29, 1.82) is 0 Å². The Bertz CT molecular complexity index is 1310. The van der Waals surface area contributed by atoms with Gasteiger partial charge in [0.2, 0.25) is 5.91 Å². The lowest BCUT2D eigenvalue weighted by Crippen LogP contribution is -2.65. The highest BCUT2D eigenvalue weighted by Gasteiger charge is 2.51. The topological polar surface area (TPSA) is 228 Å². The Morgan fingerprint density at radius 3 is 1.27 bits per heavy atom. The fourth-order valence-corrected chi connectivity index (χ4v) is 10.6. The third kappa shape index (κ3) is 33.2. The van der Waals surface area contributed by atoms with E-state index in [4.69, 9.17) is 18.9 Å². The van der Waals surface area contributed by atoms with Crippen molar-refractivity contribution in [2.45, 2.75) is 351 Å². The second-order valence-corrected chi connectivity index (χ2v) is 22.5. The van der Waals surface area contributed by atoms with Crippen molar-refractivity contribution in [3.8, 4) is 0 Å². The predicted molar refractivity (Wildman–Crippen MR) is 300 cm³/mol. The number of aliphatic hydroxyl groups excluding tert-OH is 8. The van der Waals surface area contributed by atoms with Crippen LogP contribution in [0.5, 0.6) is 0 Å². The monoisotopic (exact) mass is 1070 g/mol. The fourth-order valence-electron chi connectivity index (χ4n) is 10.6. The van der Waals surface area contributed by atoms with Crippen molar-refractivity contribution in [2.75, 3.05) is 19.8 Å². The number of hydrogen-bond donors (Lipinski definition) is 9. The summed E-state index contributed by atoms with van der Waals surface area (Å²) >= 11 is 0. The molecule has 12 atom stereocenters. The summed E-state index contributed by atoms with van der Waals surface area (Å²) in [5.74, 6) is -0.205. The standard InChI is InChI=1S/C61H117NO13/c1-3-5-7-9-11-13-14-15-16-17-18-19-20-21-22-23-24-25-26-27-28-29-30-31-32-33-34-35-36-37-39-41-43-45-53(66)62-49(50(65)44-42-40-38-12-10-8-6-4-2)48-72-60-58(71)56(69)59(52(47-64)74-60)75-61-57(70)55(68)54(67)51(46-63)73-61/h17-18,49-52,54-61,63-65,67-71H,3-16,19-48H2,1-2H3,(H,62,66)/b18-17-. The quantitative estimate of drug-likeness (QED) is 0.0204. The molecule has 0 bridgehead atoms. The van der Waals surface area contributed by atoms with E-state index in [1.54, 1.807) is 0 Å². The number of amides is 1. The molecule has 2 aliphatic heterocycles. The molecule has 1 amide bonds. The Balaban J connectivity index is 1.55. The van der Waals surface area contributed by atoms with Crippen LogP contribution < -0.4 is 5.32 Å². The number of nitrogens with one attached hydrogen (secondary N) is 1. The van der Waals surface area contributed by atoms with E-state index in [1.807, 2.05) is 0 Å². The second kappa shape index (κ2) is 47.5. The van der Waals surface area contributed by atoms with Gasteiger partial charge in [-0.1, -0.05) is 244 Å². The van der Waals surface area contributed by atoms with Crippen molar-refractivity contribution in [1.82, 2.24) is 5.32 Å². The van der Waals surface area contributed by atoms with Gasteiger partial charge in [-0.05, 0) is 38.5 Å². The van der Waals surface area contributed by atoms with E-state index >= 15 is 0 Å². The lowest BCUT2D eigenvalue weighted by Gasteiger charge is -2.46. The smallest absolute Gasteiger partial charge is 0.220 e. The summed E-state index contributed by atoms with van der Waals surface area (Å²) in [5.41, 5.74) is 0. The third-order valence-corrected chi connectivity index (χ3v) is 15.7. The first-order valence-electron chi connectivity index (χ1n) is 31.4. The molecular weight excluding hydrogens is 955 g/mol. The number of allylic oxidation sites excluding steroid dienone is 2. The average molecular weight is 1070 g/mol. The number of unbranched alkanes of at least 4 members (excludes halogenated alkanes) is 36. The molecule has 2 heterocycles. The van der Waals surface area contributed by atoms with E-state index in [1.165, 1.54) is 199 Å². The molecule has 2 rings (SSSR count). The van der Waals surface area contributed by atoms with Gasteiger partial charge in [0.15, 0.2) is 12.6 Å². The maximum atomic E-state index is 13.2. The van der Waals surface area contributed by atoms with Crippen LogP contribution in [0.15, 0.2) is 12.2 Å². The van der Waals surface area contributed by atoms with Crippen LogP contribution in [0.1, 0.15) is 277 Å². The molecule has 0 aromatic rings. The molecule has 444 valence electrons. The normalized spacial score (nSPS) is 25.0. The summed E-state index contributed by atoms with van der Waals surface area (Å²) in [7, 11) is 0. The first kappa shape index (κ1) is 69.8. The molecule has 0 aromatic carbocycles. The van der Waals surface area contributed by atoms with Gasteiger partial charge in [0.25, 0.3) is 0 Å². The highest BCUT2D eigenvalue weighted by molar-refractivity contribution is 5.76. The van der Waals surface area contributed by atoms with Gasteiger partial charge in [-0.3, -0.25) is 4.79 Å². The minimum absolute atomic E-state index is 0.205. The summed E-state index contributed by atoms with van der Waals surface area (Å²) in [6.45, 7) is 2.84. The fraction of sp³-hybridized carbons (Fsp3) is 0.951. The molecule has 0 radical (unpaired) electrons. The minimum Gasteiger partial charge on any atom is -0.394 e. The van der Waals surface area contributed by atoms with Crippen LogP contribution in [0.4, 0.5) is 0 Å². The van der Waals surface area contributed by atoms with E-state index < -0.39 is 86.8 Å². The summed E-state index contributed by atoms with van der Waals surface area (Å²) in [6, 6.07) is -0.822. The predicted octanol–water partition coefficient (Wildman–Crippen LogP) is 11.1. The van der Waals surface area contributed by atoms with Gasteiger partial charge in [-0.25, -0.2) is 0 Å². The first-order valence-corrected chi connectivity index (χ1v) is 31.4. The van der Waals surface area contributed by atoms with E-state index in [2.05, 4.69) is 31.3 Å². The van der Waals surface area contributed by atoms with E-state index in [9.17, 15) is 45.6 Å². The van der Waals surface area contributed by atoms with Gasteiger partial charge < -0.3 is 65.1 Å². The Hall–Kier alpha value is -1.27. The summed E-state index contributed by atoms with van der Waals surface area (Å²) < 4.78 is 22.8. The molecule has 2 fully saturated rings. The minimum atomic E-state index is -1.78. The molecule has 0 aromatic heterocycles. The van der Waals surface area contributed by atoms with Crippen LogP contribution >= 0.6 is 0 Å². The summed E-state index contributed by atoms with van der Waals surface area (Å²) in [6.07, 6.45) is 38.5. The maximum absolute atomic E-state index is 13.2. The van der Waals surface area contributed by atoms with Crippen molar-refractivity contribution >= 4 is 5.91 Å². The second-order valence-electron chi connectivity index (χ2n) is 22.5. The van der Waals surface area contributed by atoms with Crippen molar-refractivity contribution in [3.63, 3.8) is 0 Å². The molecule has 12 unspecified atom stereocenters. The summed E-state index contributed by atoms with van der Waals surface area (Å²) in [5, 5.41) is 86.9. The number of carbonyl (C=O) groups excluding carboxylic acids is 1. The third-order valence-electron chi connectivity index (χ3n) is 15.7. The molecule has 9 N–H and O–H groups in total. The molecule has 2 aliphatic rings. The molecule has 0 spiro atoms. The highest BCUT2D eigenvalue weighted by atomic mass is 16.7.